The van der Waals surface area contributed by atoms with E-state index in [1.165, 1.54) is 82.4 Å². The first-order chi connectivity index (χ1) is 21.3. The minimum absolute atomic E-state index is 0.0781. The molecular weight excluding hydrogens is 568 g/mol. The Balaban J connectivity index is 5.19. The summed E-state index contributed by atoms with van der Waals surface area (Å²) < 4.78 is 5.84. The fraction of sp³-hybridized carbons (Fsp3) is 0.919. The zero-order chi connectivity index (χ0) is 32.8. The maximum Gasteiger partial charge on any atom is 0.318 e. The summed E-state index contributed by atoms with van der Waals surface area (Å²) in [5.74, 6) is -0.683. The molecule has 7 heteroatoms. The second kappa shape index (κ2) is 30.6. The Labute approximate surface area is 277 Å². The van der Waals surface area contributed by atoms with Gasteiger partial charge in [0.2, 0.25) is 5.91 Å². The number of hydrogen-bond donors (Lipinski definition) is 1. The van der Waals surface area contributed by atoms with Gasteiger partial charge in [-0.3, -0.25) is 14.4 Å². The summed E-state index contributed by atoms with van der Waals surface area (Å²) in [6.07, 6.45) is 23.5. The van der Waals surface area contributed by atoms with E-state index in [9.17, 15) is 14.4 Å². The highest BCUT2D eigenvalue weighted by molar-refractivity contribution is 8.13. The Bertz CT molecular complexity index is 703. The van der Waals surface area contributed by atoms with Crippen LogP contribution in [-0.4, -0.2) is 61.4 Å². The monoisotopic (exact) mass is 641 g/mol. The van der Waals surface area contributed by atoms with Crippen molar-refractivity contribution in [1.29, 1.82) is 0 Å². The lowest BCUT2D eigenvalue weighted by Crippen LogP contribution is -2.40. The Morgan fingerprint density at radius 2 is 1.16 bits per heavy atom. The number of amides is 1. The van der Waals surface area contributed by atoms with Gasteiger partial charge in [0.1, 0.15) is 5.92 Å². The number of unbranched alkanes of at least 4 members (excludes halogenated alkanes) is 12. The van der Waals surface area contributed by atoms with E-state index in [0.29, 0.717) is 37.8 Å². The van der Waals surface area contributed by atoms with Gasteiger partial charge >= 0.3 is 5.97 Å². The zero-order valence-electron chi connectivity index (χ0n) is 29.9. The summed E-state index contributed by atoms with van der Waals surface area (Å²) >= 11 is 1.33. The molecule has 0 aromatic heterocycles. The van der Waals surface area contributed by atoms with Gasteiger partial charge in [-0.1, -0.05) is 142 Å². The number of hydrogen-bond acceptors (Lipinski definition) is 6. The first-order valence-electron chi connectivity index (χ1n) is 18.6. The molecule has 0 spiro atoms. The van der Waals surface area contributed by atoms with E-state index in [1.807, 2.05) is 19.0 Å². The lowest BCUT2D eigenvalue weighted by Gasteiger charge is -2.21. The Kier molecular flexibility index (Phi) is 29.8. The summed E-state index contributed by atoms with van der Waals surface area (Å²) in [6.45, 7) is 10.4. The van der Waals surface area contributed by atoms with Crippen molar-refractivity contribution in [3.8, 4) is 0 Å². The molecule has 260 valence electrons. The Morgan fingerprint density at radius 1 is 0.659 bits per heavy atom. The number of likely N-dealkylation sites (N-methyl/N-ethyl adjacent to an activating group) is 1. The van der Waals surface area contributed by atoms with E-state index in [-0.39, 0.29) is 16.9 Å². The van der Waals surface area contributed by atoms with Gasteiger partial charge in [0.15, 0.2) is 5.12 Å². The van der Waals surface area contributed by atoms with Crippen LogP contribution in [0.3, 0.4) is 0 Å². The van der Waals surface area contributed by atoms with E-state index in [1.54, 1.807) is 0 Å². The van der Waals surface area contributed by atoms with Crippen LogP contribution in [0.4, 0.5) is 0 Å². The summed E-state index contributed by atoms with van der Waals surface area (Å²) in [5, 5.41) is 3.18. The first-order valence-corrected chi connectivity index (χ1v) is 19.5. The highest BCUT2D eigenvalue weighted by Gasteiger charge is 2.29. The van der Waals surface area contributed by atoms with Crippen LogP contribution in [0.5, 0.6) is 0 Å². The molecule has 0 bridgehead atoms. The molecule has 6 nitrogen and oxygen atoms in total. The number of nitrogens with zero attached hydrogens (tertiary/aromatic N) is 1. The average molecular weight is 641 g/mol. The van der Waals surface area contributed by atoms with Crippen LogP contribution in [0.25, 0.3) is 0 Å². The summed E-state index contributed by atoms with van der Waals surface area (Å²) in [5.41, 5.74) is 0. The summed E-state index contributed by atoms with van der Waals surface area (Å²) in [7, 11) is 3.92. The van der Waals surface area contributed by atoms with Crippen LogP contribution in [0.15, 0.2) is 0 Å². The molecule has 0 radical (unpaired) electrons. The smallest absolute Gasteiger partial charge is 0.318 e. The van der Waals surface area contributed by atoms with E-state index in [2.05, 4.69) is 33.0 Å². The van der Waals surface area contributed by atoms with Crippen LogP contribution >= 0.6 is 11.8 Å². The molecule has 0 heterocycles. The molecule has 0 aromatic rings. The van der Waals surface area contributed by atoms with Crippen LogP contribution in [0.1, 0.15) is 163 Å². The number of rotatable bonds is 31. The molecule has 0 aliphatic heterocycles. The fourth-order valence-corrected chi connectivity index (χ4v) is 6.64. The molecular formula is C37H72N2O4S. The maximum absolute atomic E-state index is 13.3. The van der Waals surface area contributed by atoms with Gasteiger partial charge in [0.05, 0.1) is 6.61 Å². The zero-order valence-corrected chi connectivity index (χ0v) is 30.7. The number of carbonyl (C=O) groups excluding carboxylic acids is 3. The molecule has 0 saturated carbocycles. The fourth-order valence-electron chi connectivity index (χ4n) is 5.61. The quantitative estimate of drug-likeness (QED) is 0.0462. The van der Waals surface area contributed by atoms with Crippen molar-refractivity contribution < 1.29 is 19.1 Å². The SMILES string of the molecule is CCCCCCCCC(CCCCCC)C(=O)SCCC(C(=O)NCCN(C)C)C(=O)OCC(CCCC)CCCCCC. The van der Waals surface area contributed by atoms with Gasteiger partial charge in [-0.15, -0.1) is 0 Å². The van der Waals surface area contributed by atoms with Crippen molar-refractivity contribution in [3.05, 3.63) is 0 Å². The minimum atomic E-state index is -0.869. The number of esters is 1. The molecule has 0 aromatic carbocycles. The first kappa shape index (κ1) is 42.9. The van der Waals surface area contributed by atoms with Gasteiger partial charge in [0.25, 0.3) is 0 Å². The molecule has 1 N–H and O–H groups in total. The molecule has 0 fully saturated rings. The predicted octanol–water partition coefficient (Wildman–Crippen LogP) is 9.59. The second-order valence-corrected chi connectivity index (χ2v) is 14.3. The number of ether oxygens (including phenoxy) is 1. The van der Waals surface area contributed by atoms with Crippen LogP contribution < -0.4 is 5.32 Å². The third-order valence-corrected chi connectivity index (χ3v) is 9.71. The molecule has 0 rings (SSSR count). The molecule has 1 amide bonds. The second-order valence-electron chi connectivity index (χ2n) is 13.2. The van der Waals surface area contributed by atoms with E-state index in [0.717, 1.165) is 57.8 Å². The Morgan fingerprint density at radius 3 is 1.73 bits per heavy atom. The van der Waals surface area contributed by atoms with Crippen molar-refractivity contribution >= 4 is 28.8 Å². The standard InChI is InChI=1S/C37H72N2O4S/c1-7-11-15-18-19-22-26-33(25-21-17-13-9-3)37(42)44-30-27-34(35(40)38-28-29-39(5)6)36(41)43-31-32(23-14-10-4)24-20-16-12-8-2/h32-34H,7-31H2,1-6H3,(H,38,40). The molecule has 3 atom stereocenters. The lowest BCUT2D eigenvalue weighted by molar-refractivity contribution is -0.154. The minimum Gasteiger partial charge on any atom is -0.465 e. The largest absolute Gasteiger partial charge is 0.465 e. The topological polar surface area (TPSA) is 75.7 Å². The van der Waals surface area contributed by atoms with Crippen molar-refractivity contribution in [2.75, 3.05) is 39.5 Å². The van der Waals surface area contributed by atoms with Crippen molar-refractivity contribution in [3.63, 3.8) is 0 Å². The number of nitrogens with one attached hydrogen (secondary N) is 1. The third kappa shape index (κ3) is 24.2. The van der Waals surface area contributed by atoms with Crippen LogP contribution in [0.2, 0.25) is 0 Å². The van der Waals surface area contributed by atoms with Gasteiger partial charge in [0, 0.05) is 24.8 Å². The van der Waals surface area contributed by atoms with Gasteiger partial charge in [-0.05, 0) is 52.1 Å². The van der Waals surface area contributed by atoms with Crippen molar-refractivity contribution in [1.82, 2.24) is 10.2 Å². The van der Waals surface area contributed by atoms with E-state index in [4.69, 9.17) is 4.74 Å². The van der Waals surface area contributed by atoms with Gasteiger partial charge in [-0.25, -0.2) is 0 Å². The van der Waals surface area contributed by atoms with E-state index < -0.39 is 11.9 Å². The third-order valence-electron chi connectivity index (χ3n) is 8.65. The van der Waals surface area contributed by atoms with Crippen LogP contribution in [0, 0.1) is 17.8 Å². The summed E-state index contributed by atoms with van der Waals surface area (Å²) in [6, 6.07) is 0. The highest BCUT2D eigenvalue weighted by atomic mass is 32.2. The van der Waals surface area contributed by atoms with Gasteiger partial charge < -0.3 is 15.0 Å². The average Bonchev–Trinajstić information content (AvgIpc) is 3.00. The van der Waals surface area contributed by atoms with E-state index >= 15 is 0 Å². The number of thioether (sulfide) groups is 1. The lowest BCUT2D eigenvalue weighted by atomic mass is 9.95. The molecule has 44 heavy (non-hydrogen) atoms. The normalized spacial score (nSPS) is 13.5. The van der Waals surface area contributed by atoms with Crippen molar-refractivity contribution in [2.45, 2.75) is 163 Å². The molecule has 3 unspecified atom stereocenters. The van der Waals surface area contributed by atoms with Crippen molar-refractivity contribution in [2.24, 2.45) is 17.8 Å². The van der Waals surface area contributed by atoms with Crippen LogP contribution in [-0.2, 0) is 19.1 Å². The highest BCUT2D eigenvalue weighted by Crippen LogP contribution is 2.26. The molecule has 0 aliphatic rings. The summed E-state index contributed by atoms with van der Waals surface area (Å²) in [4.78, 5) is 41.8. The number of carbonyl (C=O) groups is 3. The van der Waals surface area contributed by atoms with Gasteiger partial charge in [-0.2, -0.15) is 0 Å². The maximum atomic E-state index is 13.3. The Hall–Kier alpha value is -1.08. The molecule has 0 aliphatic carbocycles. The predicted molar refractivity (Wildman–Crippen MR) is 190 cm³/mol. The molecule has 0 saturated heterocycles.